The van der Waals surface area contributed by atoms with Gasteiger partial charge in [0.05, 0.1) is 24.5 Å². The Morgan fingerprint density at radius 3 is 2.47 bits per heavy atom. The normalized spacial score (nSPS) is 12.8. The van der Waals surface area contributed by atoms with Gasteiger partial charge in [-0.2, -0.15) is 9.97 Å². The van der Waals surface area contributed by atoms with Crippen LogP contribution in [-0.4, -0.2) is 92.6 Å². The molecular formula is C22H26N6O9S. The summed E-state index contributed by atoms with van der Waals surface area (Å²) in [6.45, 7) is 1.95. The van der Waals surface area contributed by atoms with Crippen molar-refractivity contribution in [3.63, 3.8) is 0 Å². The van der Waals surface area contributed by atoms with Crippen molar-refractivity contribution in [2.75, 3.05) is 46.7 Å². The second-order valence-corrected chi connectivity index (χ2v) is 10.1. The van der Waals surface area contributed by atoms with Gasteiger partial charge in [-0.15, -0.1) is 0 Å². The third-order valence-corrected chi connectivity index (χ3v) is 5.77. The minimum Gasteiger partial charge on any atom is -0.463 e. The van der Waals surface area contributed by atoms with E-state index >= 15 is 0 Å². The fourth-order valence-corrected chi connectivity index (χ4v) is 3.71. The Bertz CT molecular complexity index is 1390. The molecule has 0 radical (unpaired) electrons. The number of hydrogen-bond acceptors (Lipinski definition) is 13. The first-order chi connectivity index (χ1) is 17.9. The minimum absolute atomic E-state index is 0.0121. The van der Waals surface area contributed by atoms with Crippen LogP contribution >= 0.6 is 0 Å². The molecule has 16 heteroatoms. The molecule has 0 atom stereocenters. The summed E-state index contributed by atoms with van der Waals surface area (Å²) in [5.41, 5.74) is 0.140. The molecule has 3 rings (SSSR count). The summed E-state index contributed by atoms with van der Waals surface area (Å²) in [6, 6.07) is 4.69. The molecular weight excluding hydrogens is 524 g/mol. The van der Waals surface area contributed by atoms with Gasteiger partial charge in [0.2, 0.25) is 15.7 Å². The zero-order chi connectivity index (χ0) is 28.0. The number of nitrogens with zero attached hydrogens (tertiary/aromatic N) is 5. The summed E-state index contributed by atoms with van der Waals surface area (Å²) in [7, 11) is -0.890. The van der Waals surface area contributed by atoms with Gasteiger partial charge in [0, 0.05) is 32.5 Å². The van der Waals surface area contributed by atoms with Gasteiger partial charge in [-0.1, -0.05) is 0 Å². The maximum absolute atomic E-state index is 12.3. The van der Waals surface area contributed by atoms with Crippen molar-refractivity contribution in [3.8, 4) is 17.5 Å². The average Bonchev–Trinajstić information content (AvgIpc) is 3.37. The van der Waals surface area contributed by atoms with Gasteiger partial charge in [0.15, 0.2) is 6.61 Å². The van der Waals surface area contributed by atoms with E-state index in [2.05, 4.69) is 20.3 Å². The predicted octanol–water partition coefficient (Wildman–Crippen LogP) is 0.503. The molecule has 1 aliphatic heterocycles. The average molecular weight is 551 g/mol. The first-order valence-electron chi connectivity index (χ1n) is 11.2. The molecule has 1 aliphatic rings. The van der Waals surface area contributed by atoms with E-state index in [1.54, 1.807) is 27.1 Å². The van der Waals surface area contributed by atoms with Gasteiger partial charge in [-0.25, -0.2) is 13.2 Å². The number of likely N-dealkylation sites (N-methyl/N-ethyl adjacent to an activating group) is 1. The smallest absolute Gasteiger partial charge is 0.392 e. The molecule has 2 aromatic rings. The molecule has 0 bridgehead atoms. The van der Waals surface area contributed by atoms with Crippen molar-refractivity contribution >= 4 is 33.2 Å². The van der Waals surface area contributed by atoms with Crippen LogP contribution in [0.1, 0.15) is 18.1 Å². The Hall–Kier alpha value is -4.34. The molecule has 0 aliphatic carbocycles. The van der Waals surface area contributed by atoms with Crippen LogP contribution in [0.2, 0.25) is 0 Å². The highest BCUT2D eigenvalue weighted by molar-refractivity contribution is 7.90. The van der Waals surface area contributed by atoms with Crippen molar-refractivity contribution < 1.29 is 37.1 Å². The Morgan fingerprint density at radius 2 is 1.89 bits per heavy atom. The van der Waals surface area contributed by atoms with Crippen LogP contribution in [0.4, 0.5) is 5.69 Å². The monoisotopic (exact) mass is 550 g/mol. The van der Waals surface area contributed by atoms with Crippen molar-refractivity contribution in [1.82, 2.24) is 20.2 Å². The lowest BCUT2D eigenvalue weighted by atomic mass is 10.1. The van der Waals surface area contributed by atoms with Gasteiger partial charge in [0.25, 0.3) is 5.16 Å². The Balaban J connectivity index is 2.11. The number of nitrogens with one attached hydrogen (secondary N) is 1. The van der Waals surface area contributed by atoms with Crippen LogP contribution in [0.25, 0.3) is 0 Å². The molecule has 15 nitrogen and oxygen atoms in total. The maximum atomic E-state index is 12.3. The van der Waals surface area contributed by atoms with Crippen molar-refractivity contribution in [1.29, 1.82) is 0 Å². The number of rotatable bonds is 11. The summed E-state index contributed by atoms with van der Waals surface area (Å²) in [5, 5.41) is 14.2. The highest BCUT2D eigenvalue weighted by Crippen LogP contribution is 2.37. The van der Waals surface area contributed by atoms with Gasteiger partial charge in [0.1, 0.15) is 11.6 Å². The first-order valence-corrected chi connectivity index (χ1v) is 13.1. The summed E-state index contributed by atoms with van der Waals surface area (Å²) < 4.78 is 40.0. The molecule has 204 valence electrons. The molecule has 1 aromatic heterocycles. The van der Waals surface area contributed by atoms with Crippen LogP contribution < -0.4 is 14.8 Å². The Morgan fingerprint density at radius 1 is 1.18 bits per heavy atom. The number of hydrogen-bond donors (Lipinski definition) is 1. The highest BCUT2D eigenvalue weighted by Gasteiger charge is 2.32. The standard InChI is InChI=1S/C22H26N6O9S/c1-5-35-17(30)12-36-20-18(28(31)32)21(26-22(25-20)38(4,33)34)37-15-9-13(10-16(29)27(2)3)8-14(11-15)19-23-6-7-24-19/h8-9,11H,5-7,10,12H2,1-4H3,(H,23,24). The number of benzene rings is 1. The zero-order valence-corrected chi connectivity index (χ0v) is 21.9. The topological polar surface area (TPSA) is 193 Å². The van der Waals surface area contributed by atoms with Crippen molar-refractivity contribution in [2.45, 2.75) is 18.5 Å². The lowest BCUT2D eigenvalue weighted by molar-refractivity contribution is -0.387. The largest absolute Gasteiger partial charge is 0.463 e. The predicted molar refractivity (Wildman–Crippen MR) is 132 cm³/mol. The number of sulfone groups is 1. The number of nitro groups is 1. The quantitative estimate of drug-likeness (QED) is 0.177. The fraction of sp³-hybridized carbons (Fsp3) is 0.409. The number of aliphatic imine (C=N–C) groups is 1. The fourth-order valence-electron chi connectivity index (χ4n) is 3.21. The van der Waals surface area contributed by atoms with Crippen LogP contribution in [0.15, 0.2) is 28.3 Å². The van der Waals surface area contributed by atoms with E-state index in [9.17, 15) is 28.1 Å². The molecule has 38 heavy (non-hydrogen) atoms. The lowest BCUT2D eigenvalue weighted by Gasteiger charge is -2.14. The van der Waals surface area contributed by atoms with Crippen LogP contribution in [0, 0.1) is 10.1 Å². The molecule has 1 N–H and O–H groups in total. The third-order valence-electron chi connectivity index (χ3n) is 4.93. The van der Waals surface area contributed by atoms with E-state index in [0.29, 0.717) is 30.1 Å². The van der Waals surface area contributed by atoms with E-state index in [1.165, 1.54) is 17.0 Å². The van der Waals surface area contributed by atoms with E-state index in [0.717, 1.165) is 6.26 Å². The molecule has 0 saturated heterocycles. The van der Waals surface area contributed by atoms with Gasteiger partial charge in [-0.3, -0.25) is 19.9 Å². The number of esters is 1. The molecule has 0 spiro atoms. The van der Waals surface area contributed by atoms with Crippen LogP contribution in [0.3, 0.4) is 0 Å². The highest BCUT2D eigenvalue weighted by atomic mass is 32.2. The van der Waals surface area contributed by atoms with Gasteiger partial charge < -0.3 is 24.4 Å². The number of aromatic nitrogens is 2. The van der Waals surface area contributed by atoms with Crippen molar-refractivity contribution in [2.24, 2.45) is 4.99 Å². The SMILES string of the molecule is CCOC(=O)COc1nc(S(C)(=O)=O)nc(Oc2cc(CC(=O)N(C)C)cc(C3=NCCN3)c2)c1[N+](=O)[O-]. The molecule has 1 amide bonds. The second-order valence-electron chi connectivity index (χ2n) is 8.18. The van der Waals surface area contributed by atoms with Crippen molar-refractivity contribution in [3.05, 3.63) is 39.4 Å². The van der Waals surface area contributed by atoms with Gasteiger partial charge in [-0.05, 0) is 30.7 Å². The first kappa shape index (κ1) is 28.2. The maximum Gasteiger partial charge on any atom is 0.392 e. The summed E-state index contributed by atoms with van der Waals surface area (Å²) in [5.74, 6) is -2.06. The van der Waals surface area contributed by atoms with E-state index in [4.69, 9.17) is 14.2 Å². The number of ether oxygens (including phenoxy) is 3. The molecule has 2 heterocycles. The Kier molecular flexibility index (Phi) is 8.77. The second kappa shape index (κ2) is 11.8. The minimum atomic E-state index is -4.09. The summed E-state index contributed by atoms with van der Waals surface area (Å²) >= 11 is 0. The van der Waals surface area contributed by atoms with E-state index in [-0.39, 0.29) is 24.7 Å². The molecule has 0 fully saturated rings. The summed E-state index contributed by atoms with van der Waals surface area (Å²) in [6.07, 6.45) is 0.779. The molecule has 0 unspecified atom stereocenters. The number of amides is 1. The van der Waals surface area contributed by atoms with Crippen LogP contribution in [-0.2, 0) is 30.6 Å². The number of carbonyl (C=O) groups excluding carboxylic acids is 2. The summed E-state index contributed by atoms with van der Waals surface area (Å²) in [4.78, 5) is 48.2. The van der Waals surface area contributed by atoms with E-state index < -0.39 is 49.9 Å². The number of amidine groups is 1. The Labute approximate surface area is 217 Å². The zero-order valence-electron chi connectivity index (χ0n) is 21.1. The third kappa shape index (κ3) is 7.12. The molecule has 0 saturated carbocycles. The van der Waals surface area contributed by atoms with Gasteiger partial charge >= 0.3 is 23.4 Å². The van der Waals surface area contributed by atoms with Crippen LogP contribution in [0.5, 0.6) is 17.5 Å². The van der Waals surface area contributed by atoms with E-state index in [1.807, 2.05) is 0 Å². The lowest BCUT2D eigenvalue weighted by Crippen LogP contribution is -2.24. The molecule has 1 aromatic carbocycles. The number of carbonyl (C=O) groups is 2.